The predicted molar refractivity (Wildman–Crippen MR) is 109 cm³/mol. The van der Waals surface area contributed by atoms with Crippen LogP contribution in [0.25, 0.3) is 0 Å². The second-order valence-corrected chi connectivity index (χ2v) is 7.58. The van der Waals surface area contributed by atoms with E-state index in [0.29, 0.717) is 6.54 Å². The van der Waals surface area contributed by atoms with Crippen LogP contribution in [0.5, 0.6) is 0 Å². The maximum Gasteiger partial charge on any atom is 0.295 e. The Morgan fingerprint density at radius 3 is 2.37 bits per heavy atom. The molecule has 6 nitrogen and oxygen atoms in total. The minimum absolute atomic E-state index is 0.0747. The summed E-state index contributed by atoms with van der Waals surface area (Å²) in [5, 5.41) is 0. The molecule has 1 saturated heterocycles. The average molecular weight is 412 g/mol. The number of ketones is 1. The molecule has 158 valence electrons. The van der Waals surface area contributed by atoms with Crippen molar-refractivity contribution in [2.45, 2.75) is 32.6 Å². The fourth-order valence-electron chi connectivity index (χ4n) is 3.35. The molecule has 0 radical (unpaired) electrons. The zero-order valence-corrected chi connectivity index (χ0v) is 17.1. The van der Waals surface area contributed by atoms with Gasteiger partial charge in [-0.15, -0.1) is 0 Å². The molecule has 0 unspecified atom stereocenters. The van der Waals surface area contributed by atoms with E-state index < -0.39 is 17.8 Å². The molecule has 2 amide bonds. The van der Waals surface area contributed by atoms with Gasteiger partial charge in [0, 0.05) is 24.7 Å². The van der Waals surface area contributed by atoms with Crippen molar-refractivity contribution in [1.29, 1.82) is 0 Å². The van der Waals surface area contributed by atoms with E-state index >= 15 is 0 Å². The number of benzene rings is 2. The molecule has 0 aromatic heterocycles. The molecule has 1 fully saturated rings. The summed E-state index contributed by atoms with van der Waals surface area (Å²) in [4.78, 5) is 41.1. The Morgan fingerprint density at radius 1 is 1.07 bits per heavy atom. The first kappa shape index (κ1) is 21.6. The van der Waals surface area contributed by atoms with Gasteiger partial charge >= 0.3 is 0 Å². The van der Waals surface area contributed by atoms with Gasteiger partial charge in [-0.05, 0) is 31.5 Å². The zero-order valence-electron chi connectivity index (χ0n) is 17.1. The van der Waals surface area contributed by atoms with Gasteiger partial charge in [-0.25, -0.2) is 4.39 Å². The Hall–Kier alpha value is -3.06. The SMILES string of the molecule is CC(C)N1C[C@H](OCc2ccc(F)cc2)CN(C(=O)C(=O)c2ccccc2)CC1=O. The maximum atomic E-state index is 13.1. The van der Waals surface area contributed by atoms with Crippen LogP contribution < -0.4 is 0 Å². The molecule has 3 rings (SSSR count). The molecule has 0 N–H and O–H groups in total. The third-order valence-electron chi connectivity index (χ3n) is 5.01. The van der Waals surface area contributed by atoms with Gasteiger partial charge in [-0.2, -0.15) is 0 Å². The van der Waals surface area contributed by atoms with Gasteiger partial charge in [-0.1, -0.05) is 42.5 Å². The number of nitrogens with zero attached hydrogens (tertiary/aromatic N) is 2. The Kier molecular flexibility index (Phi) is 6.95. The van der Waals surface area contributed by atoms with Crippen LogP contribution in [-0.4, -0.2) is 59.2 Å². The summed E-state index contributed by atoms with van der Waals surface area (Å²) >= 11 is 0. The van der Waals surface area contributed by atoms with Crippen LogP contribution in [0.15, 0.2) is 54.6 Å². The largest absolute Gasteiger partial charge is 0.370 e. The first-order chi connectivity index (χ1) is 14.3. The van der Waals surface area contributed by atoms with Crippen molar-refractivity contribution < 1.29 is 23.5 Å². The van der Waals surface area contributed by atoms with Crippen LogP contribution in [-0.2, 0) is 20.9 Å². The molecule has 2 aromatic rings. The van der Waals surface area contributed by atoms with Crippen molar-refractivity contribution in [3.8, 4) is 0 Å². The summed E-state index contributed by atoms with van der Waals surface area (Å²) in [6.45, 7) is 4.24. The lowest BCUT2D eigenvalue weighted by atomic mass is 10.1. The standard InChI is InChI=1S/C23H25FN2O4/c1-16(2)26-13-20(30-15-17-8-10-19(24)11-9-17)12-25(14-21(26)27)23(29)22(28)18-6-4-3-5-7-18/h3-11,16,20H,12-15H2,1-2H3/t20-/m1/s1. The maximum absolute atomic E-state index is 13.1. The number of carbonyl (C=O) groups is 3. The monoisotopic (exact) mass is 412 g/mol. The lowest BCUT2D eigenvalue weighted by Crippen LogP contribution is -2.44. The highest BCUT2D eigenvalue weighted by Crippen LogP contribution is 2.15. The Balaban J connectivity index is 1.76. The van der Waals surface area contributed by atoms with Gasteiger partial charge in [0.1, 0.15) is 12.4 Å². The van der Waals surface area contributed by atoms with Crippen molar-refractivity contribution in [2.75, 3.05) is 19.6 Å². The number of amides is 2. The lowest BCUT2D eigenvalue weighted by molar-refractivity contribution is -0.137. The number of hydrogen-bond donors (Lipinski definition) is 0. The van der Waals surface area contributed by atoms with E-state index in [4.69, 9.17) is 4.74 Å². The molecule has 30 heavy (non-hydrogen) atoms. The van der Waals surface area contributed by atoms with E-state index in [9.17, 15) is 18.8 Å². The van der Waals surface area contributed by atoms with Gasteiger partial charge in [-0.3, -0.25) is 14.4 Å². The summed E-state index contributed by atoms with van der Waals surface area (Å²) in [6, 6.07) is 14.1. The zero-order chi connectivity index (χ0) is 21.7. The first-order valence-corrected chi connectivity index (χ1v) is 9.89. The molecule has 0 saturated carbocycles. The number of rotatable bonds is 6. The molecular weight excluding hydrogens is 387 g/mol. The molecular formula is C23H25FN2O4. The van der Waals surface area contributed by atoms with E-state index in [0.717, 1.165) is 5.56 Å². The number of ether oxygens (including phenoxy) is 1. The molecule has 0 spiro atoms. The van der Waals surface area contributed by atoms with Crippen LogP contribution in [0.4, 0.5) is 4.39 Å². The molecule has 2 aromatic carbocycles. The fourth-order valence-corrected chi connectivity index (χ4v) is 3.35. The molecule has 1 aliphatic rings. The van der Waals surface area contributed by atoms with Crippen molar-refractivity contribution in [1.82, 2.24) is 9.80 Å². The van der Waals surface area contributed by atoms with Crippen LogP contribution in [0.3, 0.4) is 0 Å². The molecule has 0 aliphatic carbocycles. The molecule has 0 bridgehead atoms. The molecule has 1 aliphatic heterocycles. The third kappa shape index (κ3) is 5.30. The van der Waals surface area contributed by atoms with Gasteiger partial charge < -0.3 is 14.5 Å². The van der Waals surface area contributed by atoms with Crippen molar-refractivity contribution >= 4 is 17.6 Å². The summed E-state index contributed by atoms with van der Waals surface area (Å²) < 4.78 is 19.1. The predicted octanol–water partition coefficient (Wildman–Crippen LogP) is 2.67. The van der Waals surface area contributed by atoms with Crippen molar-refractivity contribution in [3.63, 3.8) is 0 Å². The van der Waals surface area contributed by atoms with Gasteiger partial charge in [0.2, 0.25) is 11.7 Å². The number of halogens is 1. The number of Topliss-reactive ketones (excluding diaryl/α,β-unsaturated/α-hetero) is 1. The van der Waals surface area contributed by atoms with Crippen LogP contribution in [0.2, 0.25) is 0 Å². The Bertz CT molecular complexity index is 899. The summed E-state index contributed by atoms with van der Waals surface area (Å²) in [5.74, 6) is -1.94. The fraction of sp³-hybridized carbons (Fsp3) is 0.348. The van der Waals surface area contributed by atoms with E-state index in [1.807, 2.05) is 13.8 Å². The topological polar surface area (TPSA) is 66.9 Å². The Labute approximate surface area is 175 Å². The van der Waals surface area contributed by atoms with Crippen LogP contribution in [0.1, 0.15) is 29.8 Å². The highest BCUT2D eigenvalue weighted by atomic mass is 19.1. The van der Waals surface area contributed by atoms with Gasteiger partial charge in [0.25, 0.3) is 5.91 Å². The van der Waals surface area contributed by atoms with Crippen LogP contribution >= 0.6 is 0 Å². The Morgan fingerprint density at radius 2 is 1.73 bits per heavy atom. The highest BCUT2D eigenvalue weighted by Gasteiger charge is 2.34. The van der Waals surface area contributed by atoms with Gasteiger partial charge in [0.15, 0.2) is 0 Å². The van der Waals surface area contributed by atoms with E-state index in [1.165, 1.54) is 17.0 Å². The second-order valence-electron chi connectivity index (χ2n) is 7.58. The minimum atomic E-state index is -0.726. The number of carbonyl (C=O) groups excluding carboxylic acids is 3. The van der Waals surface area contributed by atoms with Crippen molar-refractivity contribution in [2.24, 2.45) is 0 Å². The first-order valence-electron chi connectivity index (χ1n) is 9.89. The molecule has 1 heterocycles. The summed E-state index contributed by atoms with van der Waals surface area (Å²) in [6.07, 6.45) is -0.476. The van der Waals surface area contributed by atoms with E-state index in [1.54, 1.807) is 47.4 Å². The third-order valence-corrected chi connectivity index (χ3v) is 5.01. The van der Waals surface area contributed by atoms with Crippen molar-refractivity contribution in [3.05, 3.63) is 71.5 Å². The average Bonchev–Trinajstić information content (AvgIpc) is 2.91. The highest BCUT2D eigenvalue weighted by molar-refractivity contribution is 6.42. The van der Waals surface area contributed by atoms with Crippen LogP contribution in [0, 0.1) is 5.82 Å². The quantitative estimate of drug-likeness (QED) is 0.541. The lowest BCUT2D eigenvalue weighted by Gasteiger charge is -2.27. The smallest absolute Gasteiger partial charge is 0.295 e. The summed E-state index contributed by atoms with van der Waals surface area (Å²) in [5.41, 5.74) is 1.06. The number of hydrogen-bond acceptors (Lipinski definition) is 4. The normalized spacial score (nSPS) is 17.2. The minimum Gasteiger partial charge on any atom is -0.370 e. The summed E-state index contributed by atoms with van der Waals surface area (Å²) in [7, 11) is 0. The molecule has 1 atom stereocenters. The van der Waals surface area contributed by atoms with E-state index in [2.05, 4.69) is 0 Å². The van der Waals surface area contributed by atoms with E-state index in [-0.39, 0.29) is 43.0 Å². The second kappa shape index (κ2) is 9.63. The van der Waals surface area contributed by atoms with Gasteiger partial charge in [0.05, 0.1) is 12.7 Å². The molecule has 7 heteroatoms.